The van der Waals surface area contributed by atoms with Crippen LogP contribution in [0, 0.1) is 0 Å². The molecule has 7 nitrogen and oxygen atoms in total. The van der Waals surface area contributed by atoms with E-state index < -0.39 is 33.7 Å². The number of allylic oxidation sites excluding steroid dienone is 1. The van der Waals surface area contributed by atoms with Gasteiger partial charge in [-0.15, -0.1) is 0 Å². The van der Waals surface area contributed by atoms with E-state index in [-0.39, 0.29) is 9.20 Å². The Morgan fingerprint density at radius 3 is 2.25 bits per heavy atom. The number of nitrogens with zero attached hydrogens (tertiary/aromatic N) is 1. The molecule has 0 saturated heterocycles. The first-order chi connectivity index (χ1) is 12.9. The number of carboxylic acids is 1. The Morgan fingerprint density at radius 1 is 1.21 bits per heavy atom. The summed E-state index contributed by atoms with van der Waals surface area (Å²) in [6.07, 6.45) is 5.75. The summed E-state index contributed by atoms with van der Waals surface area (Å²) in [5.74, 6) is -1.45. The van der Waals surface area contributed by atoms with E-state index >= 15 is 0 Å². The van der Waals surface area contributed by atoms with Crippen molar-refractivity contribution < 1.29 is 27.9 Å². The van der Waals surface area contributed by atoms with Crippen molar-refractivity contribution in [1.29, 1.82) is 0 Å². The van der Waals surface area contributed by atoms with Gasteiger partial charge in [0.2, 0.25) is 0 Å². The fraction of sp³-hybridized carbons (Fsp3) is 0.500. The predicted octanol–water partition coefficient (Wildman–Crippen LogP) is 4.29. The molecule has 1 atom stereocenters. The molecule has 1 amide bonds. The van der Waals surface area contributed by atoms with Crippen LogP contribution < -0.4 is 0 Å². The maximum Gasteiger partial charge on any atom is 0.425 e. The molecule has 0 heterocycles. The topological polar surface area (TPSA) is 101 Å². The van der Waals surface area contributed by atoms with Gasteiger partial charge in [-0.1, -0.05) is 44.1 Å². The highest BCUT2D eigenvalue weighted by molar-refractivity contribution is 7.89. The van der Waals surface area contributed by atoms with Gasteiger partial charge in [0, 0.05) is 0 Å². The highest BCUT2D eigenvalue weighted by Gasteiger charge is 2.39. The highest BCUT2D eigenvalue weighted by Crippen LogP contribution is 2.23. The Bertz CT molecular complexity index is 806. The Kier molecular flexibility index (Phi) is 8.23. The minimum Gasteiger partial charge on any atom is -0.480 e. The number of rotatable bonds is 8. The quantitative estimate of drug-likeness (QED) is 0.641. The van der Waals surface area contributed by atoms with E-state index in [1.165, 1.54) is 12.1 Å². The van der Waals surface area contributed by atoms with Crippen LogP contribution in [-0.4, -0.2) is 41.5 Å². The van der Waals surface area contributed by atoms with E-state index in [0.717, 1.165) is 31.7 Å². The molecule has 8 heteroatoms. The van der Waals surface area contributed by atoms with Crippen molar-refractivity contribution in [2.24, 2.45) is 0 Å². The van der Waals surface area contributed by atoms with Crippen molar-refractivity contribution in [3.05, 3.63) is 35.9 Å². The monoisotopic (exact) mass is 411 g/mol. The number of hydrogen-bond donors (Lipinski definition) is 1. The number of hydrogen-bond acceptors (Lipinski definition) is 5. The van der Waals surface area contributed by atoms with Crippen LogP contribution in [0.25, 0.3) is 6.08 Å². The van der Waals surface area contributed by atoms with E-state index in [1.807, 2.05) is 12.2 Å². The summed E-state index contributed by atoms with van der Waals surface area (Å²) in [6.45, 7) is 7.93. The molecule has 1 N–H and O–H groups in total. The van der Waals surface area contributed by atoms with E-state index in [4.69, 9.17) is 4.74 Å². The molecule has 0 radical (unpaired) electrons. The second-order valence-corrected chi connectivity index (χ2v) is 9.22. The summed E-state index contributed by atoms with van der Waals surface area (Å²) in [5, 5.41) is 9.27. The van der Waals surface area contributed by atoms with E-state index in [9.17, 15) is 23.1 Å². The average molecular weight is 412 g/mol. The van der Waals surface area contributed by atoms with Gasteiger partial charge in [-0.2, -0.15) is 4.31 Å². The smallest absolute Gasteiger partial charge is 0.425 e. The van der Waals surface area contributed by atoms with E-state index in [0.29, 0.717) is 0 Å². The van der Waals surface area contributed by atoms with E-state index in [1.54, 1.807) is 32.9 Å². The molecule has 0 aromatic heterocycles. The zero-order valence-corrected chi connectivity index (χ0v) is 17.8. The van der Waals surface area contributed by atoms with Crippen molar-refractivity contribution >= 4 is 28.2 Å². The van der Waals surface area contributed by atoms with Crippen LogP contribution >= 0.6 is 0 Å². The fourth-order valence-electron chi connectivity index (χ4n) is 2.28. The number of sulfonamides is 1. The minimum atomic E-state index is -4.41. The number of carbonyl (C=O) groups is 2. The lowest BCUT2D eigenvalue weighted by molar-refractivity contribution is -0.140. The number of carboxylic acid groups (broad SMARTS) is 1. The molecule has 1 aromatic carbocycles. The highest BCUT2D eigenvalue weighted by atomic mass is 32.2. The van der Waals surface area contributed by atoms with Crippen LogP contribution in [0.3, 0.4) is 0 Å². The molecule has 0 aliphatic rings. The lowest BCUT2D eigenvalue weighted by Gasteiger charge is -2.29. The molecule has 0 spiro atoms. The largest absolute Gasteiger partial charge is 0.480 e. The third-order valence-corrected chi connectivity index (χ3v) is 5.61. The SMILES string of the molecule is CCCCC=Cc1ccc(S(=O)(=O)N(C(=O)OC(C)(C)C)[C@H](C)C(=O)O)cc1. The maximum absolute atomic E-state index is 13.0. The van der Waals surface area contributed by atoms with Crippen LogP contribution in [0.4, 0.5) is 4.79 Å². The van der Waals surface area contributed by atoms with E-state index in [2.05, 4.69) is 6.92 Å². The first-order valence-electron chi connectivity index (χ1n) is 9.17. The van der Waals surface area contributed by atoms with Crippen molar-refractivity contribution in [2.45, 2.75) is 70.4 Å². The zero-order valence-electron chi connectivity index (χ0n) is 17.0. The molecule has 0 aliphatic carbocycles. The van der Waals surface area contributed by atoms with Gasteiger partial charge >= 0.3 is 12.1 Å². The molecule has 0 aliphatic heterocycles. The van der Waals surface area contributed by atoms with Gasteiger partial charge in [0.1, 0.15) is 11.6 Å². The Morgan fingerprint density at radius 2 is 1.79 bits per heavy atom. The van der Waals surface area contributed by atoms with Crippen molar-refractivity contribution in [1.82, 2.24) is 4.31 Å². The number of carbonyl (C=O) groups excluding carboxylic acids is 1. The number of benzene rings is 1. The molecule has 28 heavy (non-hydrogen) atoms. The van der Waals surface area contributed by atoms with Crippen LogP contribution in [0.1, 0.15) is 59.4 Å². The van der Waals surface area contributed by atoms with Gasteiger partial charge in [-0.3, -0.25) is 0 Å². The van der Waals surface area contributed by atoms with Gasteiger partial charge in [0.25, 0.3) is 10.0 Å². The van der Waals surface area contributed by atoms with Crippen molar-refractivity contribution in [2.75, 3.05) is 0 Å². The third kappa shape index (κ3) is 6.67. The molecule has 156 valence electrons. The normalized spacial score (nSPS) is 13.3. The summed E-state index contributed by atoms with van der Waals surface area (Å²) in [7, 11) is -4.41. The molecular weight excluding hydrogens is 382 g/mol. The van der Waals surface area contributed by atoms with Crippen LogP contribution in [0.2, 0.25) is 0 Å². The average Bonchev–Trinajstić information content (AvgIpc) is 2.57. The summed E-state index contributed by atoms with van der Waals surface area (Å²) >= 11 is 0. The second kappa shape index (κ2) is 9.73. The first kappa shape index (κ1) is 23.7. The standard InChI is InChI=1S/C20H29NO6S/c1-6-7-8-9-10-16-11-13-17(14-12-16)28(25,26)21(15(2)18(22)23)19(24)27-20(3,4)5/h9-15H,6-8H2,1-5H3,(H,22,23)/t15-/m1/s1. The zero-order chi connectivity index (χ0) is 21.5. The number of amides is 1. The lowest BCUT2D eigenvalue weighted by atomic mass is 10.2. The molecule has 1 rings (SSSR count). The van der Waals surface area contributed by atoms with Gasteiger partial charge in [-0.05, 0) is 51.8 Å². The molecule has 1 aromatic rings. The van der Waals surface area contributed by atoms with Gasteiger partial charge in [-0.25, -0.2) is 18.0 Å². The van der Waals surface area contributed by atoms with Crippen molar-refractivity contribution in [3.63, 3.8) is 0 Å². The Hall–Kier alpha value is -2.35. The molecule has 0 fully saturated rings. The number of aliphatic carboxylic acids is 1. The van der Waals surface area contributed by atoms with Gasteiger partial charge in [0.15, 0.2) is 0 Å². The summed E-state index contributed by atoms with van der Waals surface area (Å²) in [4.78, 5) is 23.7. The van der Waals surface area contributed by atoms with Crippen molar-refractivity contribution in [3.8, 4) is 0 Å². The maximum atomic E-state index is 13.0. The summed E-state index contributed by atoms with van der Waals surface area (Å²) in [6, 6.07) is 4.29. The lowest BCUT2D eigenvalue weighted by Crippen LogP contribution is -2.48. The molecule has 0 unspecified atom stereocenters. The second-order valence-electron chi connectivity index (χ2n) is 7.41. The Balaban J connectivity index is 3.20. The van der Waals surface area contributed by atoms with Crippen LogP contribution in [-0.2, 0) is 19.6 Å². The minimum absolute atomic E-state index is 0.183. The molecular formula is C20H29NO6S. The molecule has 0 bridgehead atoms. The predicted molar refractivity (Wildman–Crippen MR) is 107 cm³/mol. The first-order valence-corrected chi connectivity index (χ1v) is 10.6. The van der Waals surface area contributed by atoms with Crippen LogP contribution in [0.5, 0.6) is 0 Å². The number of unbranched alkanes of at least 4 members (excludes halogenated alkanes) is 2. The summed E-state index contributed by atoms with van der Waals surface area (Å²) in [5.41, 5.74) is -0.166. The third-order valence-electron chi connectivity index (χ3n) is 3.75. The Labute approximate surface area is 167 Å². The number of ether oxygens (including phenoxy) is 1. The van der Waals surface area contributed by atoms with Gasteiger partial charge < -0.3 is 9.84 Å². The fourth-order valence-corrected chi connectivity index (χ4v) is 3.72. The summed E-state index contributed by atoms with van der Waals surface area (Å²) < 4.78 is 31.3. The van der Waals surface area contributed by atoms with Gasteiger partial charge in [0.05, 0.1) is 4.90 Å². The van der Waals surface area contributed by atoms with Crippen LogP contribution in [0.15, 0.2) is 35.2 Å². The molecule has 0 saturated carbocycles.